The Bertz CT molecular complexity index is 4050. The van der Waals surface area contributed by atoms with E-state index in [4.69, 9.17) is 21.7 Å². The number of nitro benzene ring substituents is 2. The number of aliphatic carboxylic acids is 1. The quantitative estimate of drug-likeness (QED) is 0.00992. The Balaban J connectivity index is 0.000000232. The van der Waals surface area contributed by atoms with Crippen LogP contribution in [-0.2, 0) is 38.0 Å². The first kappa shape index (κ1) is 79.4. The second-order valence-corrected chi connectivity index (χ2v) is 24.2. The molecule has 2 fully saturated rings. The van der Waals surface area contributed by atoms with E-state index in [1.54, 1.807) is 50.2 Å². The molecule has 99 heavy (non-hydrogen) atoms. The van der Waals surface area contributed by atoms with Gasteiger partial charge >= 0.3 is 23.3 Å². The fraction of sp³-hybridized carbons (Fsp3) is 0.284. The number of ether oxygens (including phenoxy) is 1. The van der Waals surface area contributed by atoms with E-state index >= 15 is 0 Å². The van der Waals surface area contributed by atoms with Crippen LogP contribution in [0.15, 0.2) is 140 Å². The number of pyridine rings is 2. The third-order valence-corrected chi connectivity index (χ3v) is 16.0. The van der Waals surface area contributed by atoms with Gasteiger partial charge in [0, 0.05) is 154 Å². The van der Waals surface area contributed by atoms with Crippen molar-refractivity contribution in [2.24, 2.45) is 0 Å². The number of benzene rings is 5. The molecular weight excluding hydrogens is 1370 g/mol. The van der Waals surface area contributed by atoms with Crippen LogP contribution in [0.25, 0.3) is 0 Å². The van der Waals surface area contributed by atoms with Crippen LogP contribution in [0, 0.1) is 58.5 Å². The summed E-state index contributed by atoms with van der Waals surface area (Å²) >= 11 is 9.31. The molecular formula is C67H69F3N10O15P2S2. The Labute approximate surface area is 580 Å². The topological polar surface area (TPSA) is 344 Å². The highest BCUT2D eigenvalue weighted by Crippen LogP contribution is 2.30. The number of amides is 3. The van der Waals surface area contributed by atoms with E-state index < -0.39 is 74.0 Å². The summed E-state index contributed by atoms with van der Waals surface area (Å²) in [6.07, 6.45) is 7.02. The average Bonchev–Trinajstić information content (AvgIpc) is 0.937. The number of nitrogens with zero attached hydrogens (tertiary/aromatic N) is 7. The van der Waals surface area contributed by atoms with Crippen LogP contribution >= 0.6 is 14.7 Å². The van der Waals surface area contributed by atoms with Crippen LogP contribution in [0.5, 0.6) is 11.5 Å². The third kappa shape index (κ3) is 26.6. The molecule has 25 nitrogen and oxygen atoms in total. The highest BCUT2D eigenvalue weighted by atomic mass is 32.4. The number of carboxylic acid groups (broad SMARTS) is 1. The molecule has 5 N–H and O–H groups in total. The summed E-state index contributed by atoms with van der Waals surface area (Å²) in [5, 5.41) is 47.6. The van der Waals surface area contributed by atoms with Gasteiger partial charge in [0.05, 0.1) is 35.3 Å². The maximum Gasteiger partial charge on any atom is 0.312 e. The Morgan fingerprint density at radius 2 is 0.929 bits per heavy atom. The summed E-state index contributed by atoms with van der Waals surface area (Å²) in [4.78, 5) is 128. The van der Waals surface area contributed by atoms with Gasteiger partial charge in [-0.1, -0.05) is 60.0 Å². The summed E-state index contributed by atoms with van der Waals surface area (Å²) < 4.78 is 45.2. The van der Waals surface area contributed by atoms with E-state index in [1.807, 2.05) is 24.5 Å². The monoisotopic (exact) mass is 1440 g/mol. The number of hydrogen-bond acceptors (Lipinski definition) is 21. The lowest BCUT2D eigenvalue weighted by atomic mass is 10.0. The van der Waals surface area contributed by atoms with Gasteiger partial charge in [-0.25, -0.2) is 13.2 Å². The van der Waals surface area contributed by atoms with Crippen molar-refractivity contribution in [2.45, 2.75) is 59.3 Å². The molecule has 0 bridgehead atoms. The molecule has 0 radical (unpaired) electrons. The highest BCUT2D eigenvalue weighted by Gasteiger charge is 2.25. The number of ketones is 3. The van der Waals surface area contributed by atoms with E-state index in [2.05, 4.69) is 59.7 Å². The van der Waals surface area contributed by atoms with Crippen molar-refractivity contribution in [1.29, 1.82) is 0 Å². The van der Waals surface area contributed by atoms with Crippen molar-refractivity contribution in [1.82, 2.24) is 30.8 Å². The van der Waals surface area contributed by atoms with Crippen LogP contribution < -0.4 is 30.5 Å². The van der Waals surface area contributed by atoms with Crippen molar-refractivity contribution in [2.75, 3.05) is 74.7 Å². The number of rotatable bonds is 23. The number of esters is 1. The molecule has 7 aromatic rings. The molecule has 3 amide bonds. The number of nitrogens with one attached hydrogen (secondary N) is 3. The largest absolute Gasteiger partial charge is 0.502 e. The number of piperazine rings is 2. The number of aromatic nitrogens is 2. The maximum absolute atomic E-state index is 13.6. The molecule has 2 aromatic heterocycles. The predicted molar refractivity (Wildman–Crippen MR) is 371 cm³/mol. The third-order valence-electron chi connectivity index (χ3n) is 14.7. The standard InChI is InChI=1S/C20H22FN3O2.C19H16FN2O6PS.C11H11FO3.C9H13N3.C8H7N2O4PS/c1-15-2-3-16(14-18(15)21)19(25)4-5-20(26)24-12-10-23(11-13-24)17-6-8-22-9-7-17;1-11-2-3-12(8-14(11)20)16(23)5-7-18(24)28-17-6-4-13(9-15(17)22(26)27)19(25)21-10-29-30;1-7-2-3-8(6-9(7)12)10(13)4-5-11(14)15;1-3-10-4-2-9(1)12-7-5-11-6-8-12;11-7-2-1-5(3-6(7)10(13)14)8(12)9-4-15-16/h2-3,6-9,14H,4-5,10-13H2,1H3;2-4,6,8-9H,5,7,10H2,1H3,(H,21,25);2-3,6H,4-5H2,1H3,(H,14,15);1-4,11H,5-8H2;1-3,11H,4H2,(H,9,12). The van der Waals surface area contributed by atoms with E-state index in [9.17, 15) is 76.9 Å². The van der Waals surface area contributed by atoms with Gasteiger partial charge in [0.25, 0.3) is 11.8 Å². The molecule has 32 heteroatoms. The van der Waals surface area contributed by atoms with Crippen molar-refractivity contribution in [3.8, 4) is 11.5 Å². The van der Waals surface area contributed by atoms with Crippen LogP contribution in [-0.4, -0.2) is 147 Å². The molecule has 520 valence electrons. The fourth-order valence-corrected chi connectivity index (χ4v) is 9.88. The van der Waals surface area contributed by atoms with Gasteiger partial charge in [0.2, 0.25) is 11.7 Å². The zero-order chi connectivity index (χ0) is 72.6. The minimum absolute atomic E-state index is 0.0109. The smallest absolute Gasteiger partial charge is 0.312 e. The number of hydrogen-bond donors (Lipinski definition) is 5. The molecule has 0 aliphatic carbocycles. The Hall–Kier alpha value is -10.2. The van der Waals surface area contributed by atoms with E-state index in [0.717, 1.165) is 81.4 Å². The number of carbonyl (C=O) groups excluding carboxylic acids is 7. The van der Waals surface area contributed by atoms with Crippen LogP contribution in [0.1, 0.15) is 107 Å². The number of nitro groups is 2. The zero-order valence-corrected chi connectivity index (χ0v) is 57.2. The number of anilines is 2. The van der Waals surface area contributed by atoms with Gasteiger partial charge in [0.1, 0.15) is 17.5 Å². The average molecular weight is 1440 g/mol. The predicted octanol–water partition coefficient (Wildman–Crippen LogP) is 10.6. The molecule has 4 heterocycles. The number of carboxylic acids is 1. The van der Waals surface area contributed by atoms with E-state index in [0.29, 0.717) is 56.3 Å². The summed E-state index contributed by atoms with van der Waals surface area (Å²) in [6.45, 7) is 12.0. The lowest BCUT2D eigenvalue weighted by Gasteiger charge is -2.36. The summed E-state index contributed by atoms with van der Waals surface area (Å²) in [7, 11) is 1.09. The molecule has 2 saturated heterocycles. The lowest BCUT2D eigenvalue weighted by molar-refractivity contribution is -0.385. The van der Waals surface area contributed by atoms with Gasteiger partial charge in [-0.15, -0.1) is 0 Å². The van der Waals surface area contributed by atoms with Gasteiger partial charge in [-0.05, 0) is 119 Å². The molecule has 2 aliphatic rings. The minimum Gasteiger partial charge on any atom is -0.502 e. The molecule has 5 aromatic carbocycles. The Morgan fingerprint density at radius 1 is 0.535 bits per heavy atom. The van der Waals surface area contributed by atoms with Crippen molar-refractivity contribution in [3.63, 3.8) is 0 Å². The first-order valence-electron chi connectivity index (χ1n) is 30.3. The Kier molecular flexibility index (Phi) is 33.0. The van der Waals surface area contributed by atoms with Gasteiger partial charge < -0.3 is 45.6 Å². The Morgan fingerprint density at radius 3 is 1.34 bits per heavy atom. The first-order valence-corrected chi connectivity index (χ1v) is 34.5. The van der Waals surface area contributed by atoms with Gasteiger partial charge in [0.15, 0.2) is 23.1 Å². The summed E-state index contributed by atoms with van der Waals surface area (Å²) in [6, 6.07) is 27.4. The molecule has 0 saturated carbocycles. The van der Waals surface area contributed by atoms with Crippen molar-refractivity contribution in [3.05, 3.63) is 222 Å². The zero-order valence-electron chi connectivity index (χ0n) is 53.8. The van der Waals surface area contributed by atoms with E-state index in [1.165, 1.54) is 48.2 Å². The second kappa shape index (κ2) is 41.1. The van der Waals surface area contributed by atoms with E-state index in [-0.39, 0.29) is 90.3 Å². The van der Waals surface area contributed by atoms with Crippen LogP contribution in [0.4, 0.5) is 35.9 Å². The number of Topliss-reactive ketones (excluding diaryl/α,β-unsaturated/α-hetero) is 3. The lowest BCUT2D eigenvalue weighted by Crippen LogP contribution is -2.48. The summed E-state index contributed by atoms with van der Waals surface area (Å²) in [5.41, 5.74) is 3.46. The normalized spacial score (nSPS) is 12.2. The number of phenols is 1. The number of aryl methyl sites for hydroxylation is 3. The second-order valence-electron chi connectivity index (χ2n) is 21.5. The molecule has 0 unspecified atom stereocenters. The van der Waals surface area contributed by atoms with Crippen molar-refractivity contribution >= 4 is 108 Å². The number of halogens is 3. The molecule has 0 atom stereocenters. The van der Waals surface area contributed by atoms with Crippen LogP contribution in [0.2, 0.25) is 0 Å². The minimum atomic E-state index is -1.03. The maximum atomic E-state index is 13.6. The summed E-state index contributed by atoms with van der Waals surface area (Å²) in [5.74, 6) is -6.15. The van der Waals surface area contributed by atoms with Crippen molar-refractivity contribution < 1.29 is 76.3 Å². The molecule has 9 rings (SSSR count). The first-order chi connectivity index (χ1) is 47.3. The van der Waals surface area contributed by atoms with Crippen LogP contribution in [0.3, 0.4) is 0 Å². The molecule has 2 aliphatic heterocycles. The highest BCUT2D eigenvalue weighted by molar-refractivity contribution is 7.96. The van der Waals surface area contributed by atoms with Gasteiger partial charge in [-0.2, -0.15) is 0 Å². The molecule has 0 spiro atoms. The number of phenolic OH excluding ortho intramolecular Hbond substituents is 1. The number of carbonyl (C=O) groups is 8. The SMILES string of the molecule is Cc1ccc(C(=O)CCC(=O)N2CCN(c3ccncc3)CC2)cc1F.Cc1ccc(C(=O)CCC(=O)O)cc1F.Cc1ccc(C(=O)CCC(=O)Oc2ccc(C(=O)NCP=S)cc2[N+](=O)[O-])cc1F.O=C(NCP=S)c1ccc(O)c([N+](=O)[O-])c1.c1cc(N2CCNCC2)ccn1. The number of aromatic hydroxyl groups is 1. The fourth-order valence-electron chi connectivity index (χ4n) is 9.08. The van der Waals surface area contributed by atoms with Gasteiger partial charge in [-0.3, -0.25) is 68.6 Å².